The number of nitrogens with one attached hydrogen (secondary N) is 2. The van der Waals surface area contributed by atoms with Crippen molar-refractivity contribution in [2.24, 2.45) is 0 Å². The lowest BCUT2D eigenvalue weighted by atomic mass is 10.2. The van der Waals surface area contributed by atoms with E-state index in [4.69, 9.17) is 38.4 Å². The predicted octanol–water partition coefficient (Wildman–Crippen LogP) is 4.45. The highest BCUT2D eigenvalue weighted by atomic mass is 35.5. The molecule has 4 rings (SSSR count). The molecule has 0 bridgehead atoms. The highest BCUT2D eigenvalue weighted by Gasteiger charge is 2.14. The number of benzene rings is 2. The molecule has 0 radical (unpaired) electrons. The van der Waals surface area contributed by atoms with Gasteiger partial charge in [-0.25, -0.2) is 9.97 Å². The maximum atomic E-state index is 6.20. The number of aromatic nitrogens is 2. The van der Waals surface area contributed by atoms with E-state index in [1.807, 2.05) is 18.2 Å². The van der Waals surface area contributed by atoms with Crippen LogP contribution < -0.4 is 25.8 Å². The number of halogens is 2. The molecule has 2 aromatic carbocycles. The van der Waals surface area contributed by atoms with Crippen LogP contribution in [0.25, 0.3) is 0 Å². The van der Waals surface area contributed by atoms with Gasteiger partial charge in [-0.1, -0.05) is 29.3 Å². The Labute approximate surface area is 165 Å². The van der Waals surface area contributed by atoms with Crippen molar-refractivity contribution in [3.8, 4) is 11.5 Å². The monoisotopic (exact) mass is 403 g/mol. The Morgan fingerprint density at radius 3 is 2.70 bits per heavy atom. The average molecular weight is 404 g/mol. The van der Waals surface area contributed by atoms with Crippen molar-refractivity contribution in [1.82, 2.24) is 9.97 Å². The van der Waals surface area contributed by atoms with Gasteiger partial charge in [-0.05, 0) is 35.9 Å². The summed E-state index contributed by atoms with van der Waals surface area (Å²) < 4.78 is 10.7. The molecule has 4 N–H and O–H groups in total. The molecule has 3 aromatic rings. The number of fused-ring (bicyclic) bond motifs is 1. The molecule has 0 saturated carbocycles. The Morgan fingerprint density at radius 1 is 1.00 bits per heavy atom. The molecule has 0 unspecified atom stereocenters. The lowest BCUT2D eigenvalue weighted by Crippen LogP contribution is -2.08. The van der Waals surface area contributed by atoms with Crippen molar-refractivity contribution in [3.63, 3.8) is 0 Å². The normalized spacial score (nSPS) is 12.1. The summed E-state index contributed by atoms with van der Waals surface area (Å²) in [5.41, 5.74) is 8.18. The second-order valence-electron chi connectivity index (χ2n) is 5.77. The summed E-state index contributed by atoms with van der Waals surface area (Å²) >= 11 is 12.2. The highest BCUT2D eigenvalue weighted by Crippen LogP contribution is 2.34. The van der Waals surface area contributed by atoms with E-state index in [2.05, 4.69) is 20.6 Å². The summed E-state index contributed by atoms with van der Waals surface area (Å²) in [5, 5.41) is 7.34. The standard InChI is InChI=1S/C18H15Cl2N5O2/c19-11-2-3-12(20)13(6-11)25-18-16(21)17(23-8-24-18)22-7-10-1-4-14-15(5-10)27-9-26-14/h1-6,8H,7,9,21H2,(H2,22,23,24,25). The number of ether oxygens (including phenoxy) is 2. The lowest BCUT2D eigenvalue weighted by molar-refractivity contribution is 0.174. The molecular weight excluding hydrogens is 389 g/mol. The van der Waals surface area contributed by atoms with Crippen LogP contribution in [0.1, 0.15) is 5.56 Å². The first-order chi connectivity index (χ1) is 13.1. The molecule has 7 nitrogen and oxygen atoms in total. The number of anilines is 4. The van der Waals surface area contributed by atoms with E-state index in [1.165, 1.54) is 6.33 Å². The molecular formula is C18H15Cl2N5O2. The molecule has 0 atom stereocenters. The number of nitrogens with two attached hydrogens (primary N) is 1. The van der Waals surface area contributed by atoms with Gasteiger partial charge < -0.3 is 25.8 Å². The van der Waals surface area contributed by atoms with Gasteiger partial charge in [-0.2, -0.15) is 0 Å². The van der Waals surface area contributed by atoms with E-state index in [0.29, 0.717) is 39.6 Å². The third-order valence-electron chi connectivity index (χ3n) is 3.96. The smallest absolute Gasteiger partial charge is 0.231 e. The van der Waals surface area contributed by atoms with Gasteiger partial charge in [-0.3, -0.25) is 0 Å². The summed E-state index contributed by atoms with van der Waals surface area (Å²) in [6, 6.07) is 10.8. The minimum Gasteiger partial charge on any atom is -0.454 e. The summed E-state index contributed by atoms with van der Waals surface area (Å²) in [7, 11) is 0. The Morgan fingerprint density at radius 2 is 1.81 bits per heavy atom. The molecule has 1 aliphatic rings. The molecule has 138 valence electrons. The van der Waals surface area contributed by atoms with Gasteiger partial charge >= 0.3 is 0 Å². The van der Waals surface area contributed by atoms with E-state index in [9.17, 15) is 0 Å². The predicted molar refractivity (Wildman–Crippen MR) is 106 cm³/mol. The number of hydrogen-bond acceptors (Lipinski definition) is 7. The first-order valence-corrected chi connectivity index (χ1v) is 8.80. The molecule has 9 heteroatoms. The third-order valence-corrected chi connectivity index (χ3v) is 4.53. The minimum atomic E-state index is 0.242. The topological polar surface area (TPSA) is 94.3 Å². The largest absolute Gasteiger partial charge is 0.454 e. The Hall–Kier alpha value is -2.90. The van der Waals surface area contributed by atoms with Crippen LogP contribution in [0.5, 0.6) is 11.5 Å². The van der Waals surface area contributed by atoms with Crippen LogP contribution in [0.15, 0.2) is 42.7 Å². The van der Waals surface area contributed by atoms with Crippen molar-refractivity contribution in [2.75, 3.05) is 23.2 Å². The summed E-state index contributed by atoms with van der Waals surface area (Å²) in [6.07, 6.45) is 1.42. The van der Waals surface area contributed by atoms with E-state index < -0.39 is 0 Å². The van der Waals surface area contributed by atoms with Crippen molar-refractivity contribution in [1.29, 1.82) is 0 Å². The Kier molecular flexibility index (Phi) is 4.79. The van der Waals surface area contributed by atoms with Gasteiger partial charge in [-0.15, -0.1) is 0 Å². The van der Waals surface area contributed by atoms with Gasteiger partial charge in [0.15, 0.2) is 23.1 Å². The van der Waals surface area contributed by atoms with Crippen LogP contribution in [0.4, 0.5) is 23.0 Å². The molecule has 1 aliphatic heterocycles. The van der Waals surface area contributed by atoms with Crippen LogP contribution in [0.3, 0.4) is 0 Å². The molecule has 0 spiro atoms. The zero-order valence-electron chi connectivity index (χ0n) is 14.0. The number of nitrogen functional groups attached to an aromatic ring is 1. The molecule has 0 fully saturated rings. The van der Waals surface area contributed by atoms with Crippen LogP contribution in [0, 0.1) is 0 Å². The van der Waals surface area contributed by atoms with Gasteiger partial charge in [0, 0.05) is 11.6 Å². The van der Waals surface area contributed by atoms with E-state index in [0.717, 1.165) is 17.1 Å². The zero-order valence-corrected chi connectivity index (χ0v) is 15.5. The van der Waals surface area contributed by atoms with Crippen LogP contribution in [0.2, 0.25) is 10.0 Å². The fraction of sp³-hybridized carbons (Fsp3) is 0.111. The minimum absolute atomic E-state index is 0.242. The van der Waals surface area contributed by atoms with Crippen LogP contribution >= 0.6 is 23.2 Å². The first-order valence-electron chi connectivity index (χ1n) is 8.05. The summed E-state index contributed by atoms with van der Waals surface area (Å²) in [5.74, 6) is 2.40. The SMILES string of the molecule is Nc1c(NCc2ccc3c(c2)OCO3)ncnc1Nc1cc(Cl)ccc1Cl. The number of rotatable bonds is 5. The first kappa shape index (κ1) is 17.5. The van der Waals surface area contributed by atoms with Crippen LogP contribution in [-0.4, -0.2) is 16.8 Å². The molecule has 0 amide bonds. The molecule has 27 heavy (non-hydrogen) atoms. The van der Waals surface area contributed by atoms with Crippen LogP contribution in [-0.2, 0) is 6.54 Å². The molecule has 2 heterocycles. The molecule has 0 aliphatic carbocycles. The third kappa shape index (κ3) is 3.79. The number of hydrogen-bond donors (Lipinski definition) is 3. The fourth-order valence-corrected chi connectivity index (χ4v) is 2.93. The zero-order chi connectivity index (χ0) is 18.8. The van der Waals surface area contributed by atoms with Gasteiger partial charge in [0.05, 0.1) is 10.7 Å². The van der Waals surface area contributed by atoms with Gasteiger partial charge in [0.1, 0.15) is 12.0 Å². The molecule has 1 aromatic heterocycles. The maximum absolute atomic E-state index is 6.20. The van der Waals surface area contributed by atoms with E-state index in [1.54, 1.807) is 18.2 Å². The van der Waals surface area contributed by atoms with Crippen molar-refractivity contribution >= 4 is 46.2 Å². The Balaban J connectivity index is 1.51. The quantitative estimate of drug-likeness (QED) is 0.578. The Bertz CT molecular complexity index is 999. The highest BCUT2D eigenvalue weighted by molar-refractivity contribution is 6.35. The van der Waals surface area contributed by atoms with Gasteiger partial charge in [0.2, 0.25) is 6.79 Å². The number of nitrogens with zero attached hydrogens (tertiary/aromatic N) is 2. The van der Waals surface area contributed by atoms with Crippen molar-refractivity contribution in [2.45, 2.75) is 6.54 Å². The summed E-state index contributed by atoms with van der Waals surface area (Å²) in [6.45, 7) is 0.751. The van der Waals surface area contributed by atoms with Gasteiger partial charge in [0.25, 0.3) is 0 Å². The fourth-order valence-electron chi connectivity index (χ4n) is 2.59. The average Bonchev–Trinajstić information content (AvgIpc) is 3.13. The van der Waals surface area contributed by atoms with E-state index in [-0.39, 0.29) is 6.79 Å². The summed E-state index contributed by atoms with van der Waals surface area (Å²) in [4.78, 5) is 8.39. The van der Waals surface area contributed by atoms with Crippen molar-refractivity contribution in [3.05, 3.63) is 58.3 Å². The van der Waals surface area contributed by atoms with E-state index >= 15 is 0 Å². The second-order valence-corrected chi connectivity index (χ2v) is 6.62. The van der Waals surface area contributed by atoms with Crippen molar-refractivity contribution < 1.29 is 9.47 Å². The lowest BCUT2D eigenvalue weighted by Gasteiger charge is -2.13. The second kappa shape index (κ2) is 7.38. The maximum Gasteiger partial charge on any atom is 0.231 e. The molecule has 0 saturated heterocycles.